The van der Waals surface area contributed by atoms with Crippen molar-refractivity contribution in [1.29, 1.82) is 0 Å². The van der Waals surface area contributed by atoms with Crippen LogP contribution < -0.4 is 10.2 Å². The number of fused-ring (bicyclic) bond motifs is 1. The Balaban J connectivity index is 2.61. The van der Waals surface area contributed by atoms with Crippen LogP contribution in [0.2, 0.25) is 5.02 Å². The molecule has 0 radical (unpaired) electrons. The van der Waals surface area contributed by atoms with E-state index in [2.05, 4.69) is 19.2 Å². The molecule has 1 aromatic rings. The molecule has 4 heteroatoms. The van der Waals surface area contributed by atoms with Gasteiger partial charge in [-0.05, 0) is 38.5 Å². The van der Waals surface area contributed by atoms with Gasteiger partial charge in [0.05, 0.1) is 11.4 Å². The quantitative estimate of drug-likeness (QED) is 0.769. The molecule has 0 fully saturated rings. The molecule has 0 bridgehead atoms. The lowest BCUT2D eigenvalue weighted by atomic mass is 9.97. The topological polar surface area (TPSA) is 32.3 Å². The van der Waals surface area contributed by atoms with Crippen LogP contribution in [0.25, 0.3) is 0 Å². The van der Waals surface area contributed by atoms with Crippen molar-refractivity contribution >= 4 is 28.9 Å². The Morgan fingerprint density at radius 1 is 1.47 bits per heavy atom. The van der Waals surface area contributed by atoms with E-state index in [9.17, 15) is 4.79 Å². The van der Waals surface area contributed by atoms with Crippen molar-refractivity contribution < 1.29 is 4.79 Å². The number of carbonyl (C=O) groups excluding carboxylic acids is 1. The van der Waals surface area contributed by atoms with E-state index in [1.165, 1.54) is 0 Å². The summed E-state index contributed by atoms with van der Waals surface area (Å²) in [6, 6.07) is 3.80. The molecule has 1 heterocycles. The molecule has 3 nitrogen and oxygen atoms in total. The first-order valence-corrected chi connectivity index (χ1v) is 6.05. The van der Waals surface area contributed by atoms with Crippen molar-refractivity contribution in [2.24, 2.45) is 0 Å². The fraction of sp³-hybridized carbons (Fsp3) is 0.462. The number of hydrogen-bond donors (Lipinski definition) is 1. The Kier molecular flexibility index (Phi) is 2.82. The molecular weight excluding hydrogens is 236 g/mol. The first-order valence-electron chi connectivity index (χ1n) is 5.67. The highest BCUT2D eigenvalue weighted by Crippen LogP contribution is 2.39. The Labute approximate surface area is 107 Å². The summed E-state index contributed by atoms with van der Waals surface area (Å²) in [6.07, 6.45) is 0. The highest BCUT2D eigenvalue weighted by molar-refractivity contribution is 6.32. The van der Waals surface area contributed by atoms with E-state index in [1.807, 2.05) is 19.1 Å². The van der Waals surface area contributed by atoms with Crippen LogP contribution in [-0.4, -0.2) is 18.0 Å². The van der Waals surface area contributed by atoms with Gasteiger partial charge in [-0.2, -0.15) is 0 Å². The molecule has 0 spiro atoms. The summed E-state index contributed by atoms with van der Waals surface area (Å²) in [4.78, 5) is 13.6. The van der Waals surface area contributed by atoms with E-state index in [0.717, 1.165) is 16.9 Å². The predicted octanol–water partition coefficient (Wildman–Crippen LogP) is 3.21. The van der Waals surface area contributed by atoms with Gasteiger partial charge in [0, 0.05) is 24.0 Å². The molecule has 0 atom stereocenters. The van der Waals surface area contributed by atoms with Crippen molar-refractivity contribution in [2.75, 3.05) is 16.8 Å². The first kappa shape index (κ1) is 12.2. The number of carbonyl (C=O) groups is 1. The standard InChI is InChI=1S/C13H17ClN2O/c1-8-10(14)5-6-11-12(8)16(9(2)17)7-13(3,4)15-11/h5-6,15H,7H2,1-4H3. The monoisotopic (exact) mass is 252 g/mol. The first-order chi connectivity index (χ1) is 7.82. The predicted molar refractivity (Wildman–Crippen MR) is 71.9 cm³/mol. The number of anilines is 2. The van der Waals surface area contributed by atoms with Gasteiger partial charge in [-0.15, -0.1) is 0 Å². The largest absolute Gasteiger partial charge is 0.377 e. The maximum Gasteiger partial charge on any atom is 0.224 e. The van der Waals surface area contributed by atoms with Gasteiger partial charge in [0.1, 0.15) is 0 Å². The number of hydrogen-bond acceptors (Lipinski definition) is 2. The summed E-state index contributed by atoms with van der Waals surface area (Å²) < 4.78 is 0. The molecule has 92 valence electrons. The Hall–Kier alpha value is -1.22. The van der Waals surface area contributed by atoms with Gasteiger partial charge in [-0.25, -0.2) is 0 Å². The highest BCUT2D eigenvalue weighted by Gasteiger charge is 2.32. The second-order valence-electron chi connectivity index (χ2n) is 5.18. The summed E-state index contributed by atoms with van der Waals surface area (Å²) in [5, 5.41) is 4.13. The molecule has 17 heavy (non-hydrogen) atoms. The second kappa shape index (κ2) is 3.91. The minimum Gasteiger partial charge on any atom is -0.377 e. The third kappa shape index (κ3) is 2.12. The Bertz CT molecular complexity index is 483. The van der Waals surface area contributed by atoms with Crippen LogP contribution in [0.3, 0.4) is 0 Å². The van der Waals surface area contributed by atoms with Gasteiger partial charge < -0.3 is 10.2 Å². The number of amides is 1. The molecule has 1 N–H and O–H groups in total. The SMILES string of the molecule is CC(=O)N1CC(C)(C)Nc2ccc(Cl)c(C)c21. The highest BCUT2D eigenvalue weighted by atomic mass is 35.5. The number of halogens is 1. The lowest BCUT2D eigenvalue weighted by molar-refractivity contribution is -0.116. The van der Waals surface area contributed by atoms with Gasteiger partial charge in [-0.3, -0.25) is 4.79 Å². The van der Waals surface area contributed by atoms with Gasteiger partial charge >= 0.3 is 0 Å². The van der Waals surface area contributed by atoms with Crippen LogP contribution >= 0.6 is 11.6 Å². The smallest absolute Gasteiger partial charge is 0.224 e. The molecule has 1 amide bonds. The second-order valence-corrected chi connectivity index (χ2v) is 5.59. The van der Waals surface area contributed by atoms with Gasteiger partial charge in [0.25, 0.3) is 0 Å². The summed E-state index contributed by atoms with van der Waals surface area (Å²) >= 11 is 6.12. The molecule has 0 aromatic heterocycles. The van der Waals surface area contributed by atoms with Gasteiger partial charge in [0.15, 0.2) is 0 Å². The van der Waals surface area contributed by atoms with Crippen LogP contribution in [0.15, 0.2) is 12.1 Å². The van der Waals surface area contributed by atoms with Crippen molar-refractivity contribution in [3.63, 3.8) is 0 Å². The van der Waals surface area contributed by atoms with E-state index in [0.29, 0.717) is 11.6 Å². The zero-order valence-electron chi connectivity index (χ0n) is 10.6. The van der Waals surface area contributed by atoms with Crippen LogP contribution in [0.5, 0.6) is 0 Å². The van der Waals surface area contributed by atoms with Crippen molar-refractivity contribution in [3.8, 4) is 0 Å². The lowest BCUT2D eigenvalue weighted by Crippen LogP contribution is -2.50. The third-order valence-corrected chi connectivity index (χ3v) is 3.45. The molecular formula is C13H17ClN2O. The summed E-state index contributed by atoms with van der Waals surface area (Å²) in [6.45, 7) is 8.34. The Morgan fingerprint density at radius 3 is 2.71 bits per heavy atom. The third-order valence-electron chi connectivity index (χ3n) is 3.04. The zero-order chi connectivity index (χ0) is 12.8. The molecule has 1 aliphatic heterocycles. The number of nitrogens with zero attached hydrogens (tertiary/aromatic N) is 1. The van der Waals surface area contributed by atoms with Crippen LogP contribution in [0.4, 0.5) is 11.4 Å². The number of nitrogens with one attached hydrogen (secondary N) is 1. The number of rotatable bonds is 0. The maximum absolute atomic E-state index is 11.8. The molecule has 1 aliphatic rings. The number of benzene rings is 1. The summed E-state index contributed by atoms with van der Waals surface area (Å²) in [5.41, 5.74) is 2.70. The summed E-state index contributed by atoms with van der Waals surface area (Å²) in [5.74, 6) is 0.0474. The molecule has 0 unspecified atom stereocenters. The van der Waals surface area contributed by atoms with E-state index in [4.69, 9.17) is 11.6 Å². The van der Waals surface area contributed by atoms with Gasteiger partial charge in [0.2, 0.25) is 5.91 Å². The summed E-state index contributed by atoms with van der Waals surface area (Å²) in [7, 11) is 0. The zero-order valence-corrected chi connectivity index (χ0v) is 11.4. The van der Waals surface area contributed by atoms with E-state index < -0.39 is 0 Å². The average molecular weight is 253 g/mol. The minimum atomic E-state index is -0.126. The molecule has 2 rings (SSSR count). The van der Waals surface area contributed by atoms with Crippen molar-refractivity contribution in [3.05, 3.63) is 22.7 Å². The van der Waals surface area contributed by atoms with E-state index in [-0.39, 0.29) is 11.4 Å². The van der Waals surface area contributed by atoms with Crippen LogP contribution in [-0.2, 0) is 4.79 Å². The van der Waals surface area contributed by atoms with Crippen molar-refractivity contribution in [1.82, 2.24) is 0 Å². The van der Waals surface area contributed by atoms with E-state index in [1.54, 1.807) is 11.8 Å². The molecule has 0 aliphatic carbocycles. The minimum absolute atomic E-state index is 0.0474. The fourth-order valence-electron chi connectivity index (χ4n) is 2.27. The maximum atomic E-state index is 11.8. The Morgan fingerprint density at radius 2 is 2.12 bits per heavy atom. The fourth-order valence-corrected chi connectivity index (χ4v) is 2.42. The van der Waals surface area contributed by atoms with E-state index >= 15 is 0 Å². The van der Waals surface area contributed by atoms with Gasteiger partial charge in [-0.1, -0.05) is 11.6 Å². The lowest BCUT2D eigenvalue weighted by Gasteiger charge is -2.41. The average Bonchev–Trinajstić information content (AvgIpc) is 2.21. The normalized spacial score (nSPS) is 17.4. The van der Waals surface area contributed by atoms with Crippen LogP contribution in [0, 0.1) is 6.92 Å². The molecule has 0 saturated heterocycles. The molecule has 0 saturated carbocycles. The molecule has 1 aromatic carbocycles. The van der Waals surface area contributed by atoms with Crippen molar-refractivity contribution in [2.45, 2.75) is 33.2 Å². The van der Waals surface area contributed by atoms with Crippen LogP contribution in [0.1, 0.15) is 26.3 Å².